The zero-order chi connectivity index (χ0) is 19.2. The predicted molar refractivity (Wildman–Crippen MR) is 104 cm³/mol. The molecule has 0 saturated heterocycles. The van der Waals surface area contributed by atoms with Crippen molar-refractivity contribution in [1.29, 1.82) is 0 Å². The average molecular weight is 392 g/mol. The predicted octanol–water partition coefficient (Wildman–Crippen LogP) is 2.74. The van der Waals surface area contributed by atoms with Crippen LogP contribution in [0.2, 0.25) is 5.02 Å². The molecule has 0 radical (unpaired) electrons. The van der Waals surface area contributed by atoms with Crippen LogP contribution >= 0.6 is 11.6 Å². The van der Waals surface area contributed by atoms with Crippen molar-refractivity contribution in [1.82, 2.24) is 15.5 Å². The molecule has 6 nitrogen and oxygen atoms in total. The number of hydrogen-bond acceptors (Lipinski definition) is 4. The Kier molecular flexibility index (Phi) is 6.74. The summed E-state index contributed by atoms with van der Waals surface area (Å²) in [6, 6.07) is 5.33. The van der Waals surface area contributed by atoms with E-state index in [2.05, 4.69) is 15.5 Å². The van der Waals surface area contributed by atoms with Crippen LogP contribution in [-0.2, 0) is 24.1 Å². The minimum Gasteiger partial charge on any atom is -0.491 e. The van der Waals surface area contributed by atoms with Crippen molar-refractivity contribution in [2.24, 2.45) is 0 Å². The Morgan fingerprint density at radius 2 is 2.22 bits per heavy atom. The Morgan fingerprint density at radius 3 is 3.04 bits per heavy atom. The molecule has 1 unspecified atom stereocenters. The van der Waals surface area contributed by atoms with Gasteiger partial charge >= 0.3 is 0 Å². The summed E-state index contributed by atoms with van der Waals surface area (Å²) in [6.07, 6.45) is 4.69. The lowest BCUT2D eigenvalue weighted by Gasteiger charge is -2.14. The van der Waals surface area contributed by atoms with Crippen molar-refractivity contribution >= 4 is 17.5 Å². The van der Waals surface area contributed by atoms with Gasteiger partial charge in [0.15, 0.2) is 0 Å². The molecule has 3 N–H and O–H groups in total. The van der Waals surface area contributed by atoms with Gasteiger partial charge < -0.3 is 15.2 Å². The molecule has 0 bridgehead atoms. The van der Waals surface area contributed by atoms with Gasteiger partial charge in [-0.25, -0.2) is 0 Å². The fraction of sp³-hybridized carbons (Fsp3) is 0.500. The second kappa shape index (κ2) is 9.24. The van der Waals surface area contributed by atoms with Crippen LogP contribution in [0.4, 0.5) is 0 Å². The average Bonchev–Trinajstić information content (AvgIpc) is 3.09. The third-order valence-corrected chi connectivity index (χ3v) is 5.26. The van der Waals surface area contributed by atoms with Crippen LogP contribution in [-0.4, -0.2) is 40.5 Å². The number of ether oxygens (including phenoxy) is 1. The summed E-state index contributed by atoms with van der Waals surface area (Å²) in [5.41, 5.74) is 4.43. The highest BCUT2D eigenvalue weighted by atomic mass is 35.5. The van der Waals surface area contributed by atoms with Crippen molar-refractivity contribution < 1.29 is 14.6 Å². The summed E-state index contributed by atoms with van der Waals surface area (Å²) in [4.78, 5) is 12.1. The molecule has 0 aliphatic heterocycles. The number of hydrogen-bond donors (Lipinski definition) is 3. The van der Waals surface area contributed by atoms with Crippen molar-refractivity contribution in [3.8, 4) is 5.75 Å². The molecule has 1 aliphatic rings. The number of H-pyrrole nitrogens is 1. The van der Waals surface area contributed by atoms with E-state index in [0.717, 1.165) is 24.1 Å². The number of carbonyl (C=O) groups excluding carboxylic acids is 1. The van der Waals surface area contributed by atoms with Gasteiger partial charge in [0.2, 0.25) is 5.91 Å². The summed E-state index contributed by atoms with van der Waals surface area (Å²) in [7, 11) is 0. The number of benzene rings is 1. The Labute approximate surface area is 164 Å². The van der Waals surface area contributed by atoms with E-state index in [-0.39, 0.29) is 19.1 Å². The Balaban J connectivity index is 1.37. The third kappa shape index (κ3) is 5.47. The minimum atomic E-state index is -0.775. The largest absolute Gasteiger partial charge is 0.491 e. The highest BCUT2D eigenvalue weighted by Crippen LogP contribution is 2.23. The Morgan fingerprint density at radius 1 is 1.41 bits per heavy atom. The van der Waals surface area contributed by atoms with Gasteiger partial charge in [0.05, 0.1) is 5.69 Å². The van der Waals surface area contributed by atoms with Crippen LogP contribution < -0.4 is 10.1 Å². The molecule has 1 heterocycles. The van der Waals surface area contributed by atoms with E-state index in [1.54, 1.807) is 12.1 Å². The molecule has 1 atom stereocenters. The zero-order valence-electron chi connectivity index (χ0n) is 15.6. The number of nitrogens with one attached hydrogen (secondary N) is 2. The lowest BCUT2D eigenvalue weighted by molar-refractivity contribution is -0.121. The molecule has 3 rings (SSSR count). The summed E-state index contributed by atoms with van der Waals surface area (Å²) < 4.78 is 5.54. The summed E-state index contributed by atoms with van der Waals surface area (Å²) in [5, 5.41) is 20.9. The van der Waals surface area contributed by atoms with Crippen molar-refractivity contribution in [3.63, 3.8) is 0 Å². The summed E-state index contributed by atoms with van der Waals surface area (Å²) in [5.74, 6) is 0.550. The molecule has 0 saturated carbocycles. The quantitative estimate of drug-likeness (QED) is 0.645. The molecule has 146 valence electrons. The number of aliphatic hydroxyl groups excluding tert-OH is 1. The number of halogens is 1. The number of aromatic amines is 1. The highest BCUT2D eigenvalue weighted by Gasteiger charge is 2.17. The van der Waals surface area contributed by atoms with Crippen LogP contribution in [0.3, 0.4) is 0 Å². The minimum absolute atomic E-state index is 0.0936. The van der Waals surface area contributed by atoms with E-state index in [9.17, 15) is 9.90 Å². The van der Waals surface area contributed by atoms with Crippen LogP contribution in [0.25, 0.3) is 0 Å². The van der Waals surface area contributed by atoms with E-state index in [0.29, 0.717) is 23.6 Å². The summed E-state index contributed by atoms with van der Waals surface area (Å²) >= 11 is 5.97. The van der Waals surface area contributed by atoms with Crippen LogP contribution in [0.5, 0.6) is 5.75 Å². The number of rotatable bonds is 8. The fourth-order valence-electron chi connectivity index (χ4n) is 3.27. The van der Waals surface area contributed by atoms with Crippen molar-refractivity contribution in [2.75, 3.05) is 13.2 Å². The van der Waals surface area contributed by atoms with Crippen molar-refractivity contribution in [2.45, 2.75) is 51.6 Å². The number of carbonyl (C=O) groups is 1. The molecule has 1 aromatic carbocycles. The fourth-order valence-corrected chi connectivity index (χ4v) is 3.38. The van der Waals surface area contributed by atoms with Gasteiger partial charge in [-0.1, -0.05) is 11.6 Å². The van der Waals surface area contributed by atoms with Gasteiger partial charge in [-0.15, -0.1) is 0 Å². The number of nitrogens with zero attached hydrogens (tertiary/aromatic N) is 1. The maximum absolute atomic E-state index is 12.1. The molecule has 1 aromatic heterocycles. The highest BCUT2D eigenvalue weighted by molar-refractivity contribution is 6.31. The number of aromatic nitrogens is 2. The summed E-state index contributed by atoms with van der Waals surface area (Å²) in [6.45, 7) is 2.15. The van der Waals surface area contributed by atoms with Crippen LogP contribution in [0.15, 0.2) is 18.2 Å². The standard InChI is InChI=1S/C20H26ClN3O3/c1-13-10-15(6-7-17(13)21)27-12-14(25)11-22-20(26)9-8-19-16-4-2-3-5-18(16)23-24-19/h6-7,10,14,25H,2-5,8-9,11-12H2,1H3,(H,22,26)(H,23,24). The molecule has 27 heavy (non-hydrogen) atoms. The monoisotopic (exact) mass is 391 g/mol. The van der Waals surface area contributed by atoms with E-state index in [1.807, 2.05) is 13.0 Å². The number of fused-ring (bicyclic) bond motifs is 1. The molecular weight excluding hydrogens is 366 g/mol. The smallest absolute Gasteiger partial charge is 0.220 e. The number of amides is 1. The Bertz CT molecular complexity index is 791. The van der Waals surface area contributed by atoms with E-state index in [4.69, 9.17) is 16.3 Å². The van der Waals surface area contributed by atoms with Gasteiger partial charge in [0.1, 0.15) is 18.5 Å². The lowest BCUT2D eigenvalue weighted by Crippen LogP contribution is -2.35. The molecule has 0 spiro atoms. The van der Waals surface area contributed by atoms with Gasteiger partial charge in [0.25, 0.3) is 0 Å². The molecular formula is C20H26ClN3O3. The van der Waals surface area contributed by atoms with Gasteiger partial charge in [-0.3, -0.25) is 9.89 Å². The number of aliphatic hydroxyl groups is 1. The number of aryl methyl sites for hydroxylation is 3. The second-order valence-corrected chi connectivity index (χ2v) is 7.42. The van der Waals surface area contributed by atoms with Crippen molar-refractivity contribution in [3.05, 3.63) is 45.7 Å². The Hall–Kier alpha value is -2.05. The van der Waals surface area contributed by atoms with Crippen LogP contribution in [0.1, 0.15) is 41.8 Å². The topological polar surface area (TPSA) is 87.2 Å². The van der Waals surface area contributed by atoms with Gasteiger partial charge in [0, 0.05) is 30.1 Å². The van der Waals surface area contributed by atoms with Gasteiger partial charge in [-0.05, 0) is 61.9 Å². The van der Waals surface area contributed by atoms with E-state index in [1.165, 1.54) is 24.1 Å². The SMILES string of the molecule is Cc1cc(OCC(O)CNC(=O)CCc2n[nH]c3c2CCCC3)ccc1Cl. The first kappa shape index (κ1) is 19.7. The molecule has 1 amide bonds. The maximum Gasteiger partial charge on any atom is 0.220 e. The van der Waals surface area contributed by atoms with E-state index >= 15 is 0 Å². The first-order valence-electron chi connectivity index (χ1n) is 9.41. The van der Waals surface area contributed by atoms with E-state index < -0.39 is 6.10 Å². The first-order valence-corrected chi connectivity index (χ1v) is 9.79. The normalized spacial score (nSPS) is 14.5. The molecule has 7 heteroatoms. The third-order valence-electron chi connectivity index (χ3n) is 4.84. The molecule has 2 aromatic rings. The second-order valence-electron chi connectivity index (χ2n) is 7.01. The maximum atomic E-state index is 12.1. The molecule has 1 aliphatic carbocycles. The zero-order valence-corrected chi connectivity index (χ0v) is 16.3. The molecule has 0 fully saturated rings. The lowest BCUT2D eigenvalue weighted by atomic mass is 9.94. The van der Waals surface area contributed by atoms with Crippen LogP contribution in [0, 0.1) is 6.92 Å². The van der Waals surface area contributed by atoms with Gasteiger partial charge in [-0.2, -0.15) is 5.10 Å². The first-order chi connectivity index (χ1) is 13.0.